The first-order valence-corrected chi connectivity index (χ1v) is 17.5. The van der Waals surface area contributed by atoms with Crippen LogP contribution < -0.4 is 4.74 Å². The van der Waals surface area contributed by atoms with Gasteiger partial charge in [0.25, 0.3) is 0 Å². The summed E-state index contributed by atoms with van der Waals surface area (Å²) in [6, 6.07) is 4.91. The van der Waals surface area contributed by atoms with Gasteiger partial charge in [-0.05, 0) is 103 Å². The van der Waals surface area contributed by atoms with Crippen LogP contribution >= 0.6 is 7.60 Å². The number of halogens is 1. The zero-order valence-corrected chi connectivity index (χ0v) is 29.3. The molecule has 46 heavy (non-hydrogen) atoms. The third kappa shape index (κ3) is 10.5. The molecule has 0 amide bonds. The minimum absolute atomic E-state index is 0.178. The summed E-state index contributed by atoms with van der Waals surface area (Å²) < 4.78 is 55.5. The topological polar surface area (TPSA) is 130 Å². The molecule has 1 saturated carbocycles. The number of ether oxygens (including phenoxy) is 3. The molecule has 0 saturated heterocycles. The molecule has 256 valence electrons. The number of aromatic nitrogens is 1. The van der Waals surface area contributed by atoms with E-state index in [0.29, 0.717) is 23.2 Å². The highest BCUT2D eigenvalue weighted by molar-refractivity contribution is 7.53. The summed E-state index contributed by atoms with van der Waals surface area (Å²) in [7, 11) is -4.22. The molecule has 3 rings (SSSR count). The lowest BCUT2D eigenvalue weighted by atomic mass is 9.94. The average Bonchev–Trinajstić information content (AvgIpc) is 3.26. The van der Waals surface area contributed by atoms with Crippen LogP contribution in [0.15, 0.2) is 18.2 Å². The summed E-state index contributed by atoms with van der Waals surface area (Å²) >= 11 is 0. The van der Waals surface area contributed by atoms with Gasteiger partial charge in [-0.15, -0.1) is 0 Å². The van der Waals surface area contributed by atoms with Crippen molar-refractivity contribution in [2.24, 2.45) is 10.8 Å². The van der Waals surface area contributed by atoms with E-state index < -0.39 is 56.1 Å². The van der Waals surface area contributed by atoms with E-state index in [1.54, 1.807) is 60.6 Å². The number of pyridine rings is 1. The van der Waals surface area contributed by atoms with Crippen molar-refractivity contribution >= 4 is 19.5 Å². The van der Waals surface area contributed by atoms with Gasteiger partial charge in [-0.2, -0.15) is 0 Å². The summed E-state index contributed by atoms with van der Waals surface area (Å²) in [5.74, 6) is -1.65. The number of benzene rings is 1. The van der Waals surface area contributed by atoms with Gasteiger partial charge in [-0.3, -0.25) is 28.2 Å². The maximum atomic E-state index is 15.7. The van der Waals surface area contributed by atoms with E-state index in [9.17, 15) is 19.3 Å². The summed E-state index contributed by atoms with van der Waals surface area (Å²) in [5.41, 5.74) is 1.52. The first-order valence-electron chi connectivity index (χ1n) is 15.7. The molecule has 0 radical (unpaired) electrons. The fourth-order valence-corrected chi connectivity index (χ4v) is 5.94. The Balaban J connectivity index is 1.77. The monoisotopic (exact) mass is 665 g/mol. The van der Waals surface area contributed by atoms with Crippen LogP contribution in [-0.2, 0) is 39.1 Å². The molecule has 1 heterocycles. The van der Waals surface area contributed by atoms with Crippen molar-refractivity contribution in [3.05, 3.63) is 52.1 Å². The van der Waals surface area contributed by atoms with Gasteiger partial charge < -0.3 is 19.3 Å². The van der Waals surface area contributed by atoms with Crippen molar-refractivity contribution in [3.63, 3.8) is 0 Å². The van der Waals surface area contributed by atoms with E-state index in [0.717, 1.165) is 36.9 Å². The minimum atomic E-state index is -4.22. The Morgan fingerprint density at radius 2 is 1.48 bits per heavy atom. The van der Waals surface area contributed by atoms with Gasteiger partial charge in [-0.1, -0.05) is 25.7 Å². The van der Waals surface area contributed by atoms with Gasteiger partial charge in [0.15, 0.2) is 17.9 Å². The zero-order chi connectivity index (χ0) is 34.3. The maximum Gasteiger partial charge on any atom is 0.373 e. The van der Waals surface area contributed by atoms with E-state index in [4.69, 9.17) is 28.2 Å². The fraction of sp³-hybridized carbons (Fsp3) is 0.618. The highest BCUT2D eigenvalue weighted by Crippen LogP contribution is 2.49. The summed E-state index contributed by atoms with van der Waals surface area (Å²) in [5, 5.41) is 10.6. The normalized spacial score (nSPS) is 14.9. The molecule has 10 nitrogen and oxygen atoms in total. The number of carbonyl (C=O) groups is 2. The quantitative estimate of drug-likeness (QED) is 0.102. The predicted octanol–water partition coefficient (Wildman–Crippen LogP) is 8.23. The maximum absolute atomic E-state index is 15.7. The molecular formula is C34H49FNO9P. The first kappa shape index (κ1) is 37.4. The van der Waals surface area contributed by atoms with E-state index in [1.165, 1.54) is 18.9 Å². The Bertz CT molecular complexity index is 1390. The van der Waals surface area contributed by atoms with Crippen molar-refractivity contribution in [2.75, 3.05) is 19.9 Å². The Labute approximate surface area is 271 Å². The Kier molecular flexibility index (Phi) is 12.8. The second kappa shape index (κ2) is 15.7. The van der Waals surface area contributed by atoms with Crippen LogP contribution in [0.3, 0.4) is 0 Å². The fourth-order valence-electron chi connectivity index (χ4n) is 4.99. The number of hydrogen-bond acceptors (Lipinski definition) is 10. The van der Waals surface area contributed by atoms with Gasteiger partial charge >= 0.3 is 19.5 Å². The van der Waals surface area contributed by atoms with Crippen LogP contribution in [0.5, 0.6) is 11.5 Å². The lowest BCUT2D eigenvalue weighted by Crippen LogP contribution is -2.25. The summed E-state index contributed by atoms with van der Waals surface area (Å²) in [6.07, 6.45) is 6.15. The van der Waals surface area contributed by atoms with E-state index in [2.05, 4.69) is 0 Å². The SMILES string of the molecule is Cc1cc(OCP(=O)(OCOC(=O)C(C)(C)C)OCOC(=O)C(C)(C)C)c(F)c(C)c1Cc1ccc(O)c(C2CCCCCC2)n1. The second-order valence-electron chi connectivity index (χ2n) is 13.9. The first-order chi connectivity index (χ1) is 21.4. The molecule has 1 aliphatic carbocycles. The van der Waals surface area contributed by atoms with Crippen molar-refractivity contribution in [2.45, 2.75) is 106 Å². The van der Waals surface area contributed by atoms with Gasteiger partial charge in [0.2, 0.25) is 13.6 Å². The Morgan fingerprint density at radius 1 is 0.935 bits per heavy atom. The standard InChI is InChI=1S/C34H49FNO9P/c1-22-17-28(43-21-46(40,44-19-41-31(38)33(3,4)5)45-20-42-32(39)34(6,7)8)29(35)23(2)26(22)18-25-15-16-27(37)30(36-25)24-13-11-9-10-12-14-24/h15-17,24,37H,9-14,18-21H2,1-8H3. The molecule has 0 spiro atoms. The van der Waals surface area contributed by atoms with Gasteiger partial charge in [-0.25, -0.2) is 4.39 Å². The number of aryl methyl sites for hydroxylation is 1. The Morgan fingerprint density at radius 3 is 2.00 bits per heavy atom. The van der Waals surface area contributed by atoms with E-state index in [1.807, 2.05) is 6.92 Å². The third-order valence-corrected chi connectivity index (χ3v) is 9.31. The largest absolute Gasteiger partial charge is 0.506 e. The number of rotatable bonds is 12. The zero-order valence-electron chi connectivity index (χ0n) is 28.4. The molecule has 1 aliphatic rings. The minimum Gasteiger partial charge on any atom is -0.506 e. The van der Waals surface area contributed by atoms with E-state index >= 15 is 4.39 Å². The van der Waals surface area contributed by atoms with E-state index in [-0.39, 0.29) is 17.4 Å². The van der Waals surface area contributed by atoms with Gasteiger partial charge in [0, 0.05) is 18.0 Å². The number of nitrogens with zero attached hydrogens (tertiary/aromatic N) is 1. The highest BCUT2D eigenvalue weighted by atomic mass is 31.2. The van der Waals surface area contributed by atoms with Gasteiger partial charge in [0.1, 0.15) is 5.75 Å². The number of esters is 2. The molecule has 1 N–H and O–H groups in total. The number of hydrogen-bond donors (Lipinski definition) is 1. The van der Waals surface area contributed by atoms with Crippen molar-refractivity contribution < 1.29 is 46.9 Å². The molecule has 0 unspecified atom stereocenters. The predicted molar refractivity (Wildman–Crippen MR) is 171 cm³/mol. The van der Waals surface area contributed by atoms with Crippen molar-refractivity contribution in [1.29, 1.82) is 0 Å². The third-order valence-electron chi connectivity index (χ3n) is 7.86. The number of carbonyl (C=O) groups excluding carboxylic acids is 2. The molecule has 1 aromatic carbocycles. The summed E-state index contributed by atoms with van der Waals surface area (Å²) in [6.45, 7) is 11.9. The molecule has 0 bridgehead atoms. The molecule has 2 aromatic rings. The lowest BCUT2D eigenvalue weighted by molar-refractivity contribution is -0.162. The van der Waals surface area contributed by atoms with Crippen LogP contribution in [0.1, 0.15) is 114 Å². The molecule has 0 atom stereocenters. The second-order valence-corrected chi connectivity index (χ2v) is 15.9. The molecule has 0 aliphatic heterocycles. The lowest BCUT2D eigenvalue weighted by Gasteiger charge is -2.22. The van der Waals surface area contributed by atoms with Crippen LogP contribution in [0.2, 0.25) is 0 Å². The summed E-state index contributed by atoms with van der Waals surface area (Å²) in [4.78, 5) is 29.1. The van der Waals surface area contributed by atoms with Crippen LogP contribution in [0.25, 0.3) is 0 Å². The smallest absolute Gasteiger partial charge is 0.373 e. The van der Waals surface area contributed by atoms with Crippen molar-refractivity contribution in [3.8, 4) is 11.5 Å². The van der Waals surface area contributed by atoms with Crippen LogP contribution in [0.4, 0.5) is 4.39 Å². The highest BCUT2D eigenvalue weighted by Gasteiger charge is 2.32. The number of aromatic hydroxyl groups is 1. The molecule has 1 aromatic heterocycles. The Hall–Kier alpha value is -3.01. The van der Waals surface area contributed by atoms with Gasteiger partial charge in [0.05, 0.1) is 16.5 Å². The molecule has 1 fully saturated rings. The van der Waals surface area contributed by atoms with Crippen molar-refractivity contribution in [1.82, 2.24) is 4.98 Å². The van der Waals surface area contributed by atoms with Crippen LogP contribution in [-0.4, -0.2) is 42.0 Å². The van der Waals surface area contributed by atoms with Crippen LogP contribution in [0, 0.1) is 30.5 Å². The average molecular weight is 666 g/mol. The molecular weight excluding hydrogens is 616 g/mol. The molecule has 12 heteroatoms.